The van der Waals surface area contributed by atoms with E-state index < -0.39 is 41.6 Å². The number of ether oxygens (including phenoxy) is 3. The van der Waals surface area contributed by atoms with E-state index in [4.69, 9.17) is 20.0 Å². The van der Waals surface area contributed by atoms with Crippen LogP contribution >= 0.6 is 23.1 Å². The van der Waals surface area contributed by atoms with Gasteiger partial charge in [-0.15, -0.1) is 23.1 Å². The van der Waals surface area contributed by atoms with Crippen LogP contribution in [0.25, 0.3) is 0 Å². The fraction of sp³-hybridized carbons (Fsp3) is 0.455. The van der Waals surface area contributed by atoms with Crippen LogP contribution in [0.15, 0.2) is 34.5 Å². The third kappa shape index (κ3) is 6.40. The molecule has 1 aromatic rings. The molecule has 0 spiro atoms. The van der Waals surface area contributed by atoms with Gasteiger partial charge >= 0.3 is 12.1 Å². The lowest BCUT2D eigenvalue weighted by Gasteiger charge is -2.49. The van der Waals surface area contributed by atoms with E-state index in [9.17, 15) is 19.2 Å². The molecule has 200 valence electrons. The highest BCUT2D eigenvalue weighted by molar-refractivity contribution is 8.00. The number of hydrogen-bond acceptors (Lipinski definition) is 13. The van der Waals surface area contributed by atoms with Gasteiger partial charge in [-0.25, -0.2) is 14.6 Å². The van der Waals surface area contributed by atoms with E-state index in [2.05, 4.69) is 26.8 Å². The minimum absolute atomic E-state index is 0.0407. The summed E-state index contributed by atoms with van der Waals surface area (Å²) in [7, 11) is 0. The van der Waals surface area contributed by atoms with Gasteiger partial charge in [0.15, 0.2) is 10.8 Å². The molecule has 0 aliphatic carbocycles. The van der Waals surface area contributed by atoms with Crippen molar-refractivity contribution in [1.82, 2.24) is 15.2 Å². The van der Waals surface area contributed by atoms with Gasteiger partial charge in [-0.05, 0) is 18.9 Å². The lowest BCUT2D eigenvalue weighted by Crippen LogP contribution is -2.71. The number of carbonyl (C=O) groups is 4. The van der Waals surface area contributed by atoms with E-state index in [1.54, 1.807) is 12.3 Å². The largest absolute Gasteiger partial charge is 0.511 e. The van der Waals surface area contributed by atoms with E-state index in [-0.39, 0.29) is 35.4 Å². The summed E-state index contributed by atoms with van der Waals surface area (Å²) in [6, 6.07) is -0.952. The van der Waals surface area contributed by atoms with Gasteiger partial charge in [0.1, 0.15) is 29.4 Å². The van der Waals surface area contributed by atoms with Crippen molar-refractivity contribution in [2.75, 3.05) is 24.7 Å². The first-order chi connectivity index (χ1) is 17.7. The third-order valence-electron chi connectivity index (χ3n) is 4.95. The molecule has 3 heterocycles. The van der Waals surface area contributed by atoms with Crippen molar-refractivity contribution in [1.29, 1.82) is 0 Å². The molecule has 15 heteroatoms. The van der Waals surface area contributed by atoms with Crippen molar-refractivity contribution in [3.63, 3.8) is 0 Å². The van der Waals surface area contributed by atoms with Crippen molar-refractivity contribution in [2.45, 2.75) is 44.9 Å². The Hall–Kier alpha value is -3.59. The molecule has 0 saturated carbocycles. The minimum Gasteiger partial charge on any atom is -0.435 e. The number of β-lactam (4-membered cyclic amide) rings is 1. The number of carbonyl (C=O) groups excluding carboxylic acids is 4. The number of anilines is 1. The normalized spacial score (nSPS) is 19.8. The number of nitrogens with zero attached hydrogens (tertiary/aromatic N) is 3. The first-order valence-corrected chi connectivity index (χ1v) is 13.2. The van der Waals surface area contributed by atoms with Crippen molar-refractivity contribution < 1.29 is 38.2 Å². The van der Waals surface area contributed by atoms with Crippen molar-refractivity contribution >= 4 is 57.9 Å². The summed E-state index contributed by atoms with van der Waals surface area (Å²) in [4.78, 5) is 61.0. The summed E-state index contributed by atoms with van der Waals surface area (Å²) in [5.74, 6) is -1.78. The zero-order valence-corrected chi connectivity index (χ0v) is 22.1. The molecule has 0 bridgehead atoms. The number of nitrogens with two attached hydrogens (primary N) is 1. The first-order valence-electron chi connectivity index (χ1n) is 11.3. The summed E-state index contributed by atoms with van der Waals surface area (Å²) in [5.41, 5.74) is 6.20. The van der Waals surface area contributed by atoms with Gasteiger partial charge < -0.3 is 30.1 Å². The highest BCUT2D eigenvalue weighted by Crippen LogP contribution is 2.41. The molecule has 13 nitrogen and oxygen atoms in total. The number of allylic oxidation sites excluding steroid dienone is 1. The number of thioether (sulfide) groups is 1. The molecule has 3 N–H and O–H groups in total. The molecular weight excluding hydrogens is 526 g/mol. The van der Waals surface area contributed by atoms with Crippen LogP contribution in [0.5, 0.6) is 0 Å². The fourth-order valence-electron chi connectivity index (χ4n) is 3.32. The number of hydrogen-bond donors (Lipinski definition) is 2. The Morgan fingerprint density at radius 3 is 2.76 bits per heavy atom. The maximum absolute atomic E-state index is 13.1. The molecular formula is C22H27N5O8S2. The van der Waals surface area contributed by atoms with E-state index >= 15 is 0 Å². The second kappa shape index (κ2) is 12.6. The van der Waals surface area contributed by atoms with Gasteiger partial charge in [-0.2, -0.15) is 0 Å². The number of nitrogen functional groups attached to an aromatic ring is 1. The summed E-state index contributed by atoms with van der Waals surface area (Å²) in [6.45, 7) is 8.90. The number of esters is 1. The number of thiazole rings is 1. The van der Waals surface area contributed by atoms with Gasteiger partial charge in [-0.3, -0.25) is 14.5 Å². The van der Waals surface area contributed by atoms with Gasteiger partial charge in [0.25, 0.3) is 11.8 Å². The zero-order valence-electron chi connectivity index (χ0n) is 20.4. The second-order valence-electron chi connectivity index (χ2n) is 7.56. The maximum atomic E-state index is 13.1. The second-order valence-corrected chi connectivity index (χ2v) is 9.55. The number of oxime groups is 1. The van der Waals surface area contributed by atoms with E-state index in [1.807, 2.05) is 6.92 Å². The van der Waals surface area contributed by atoms with Crippen LogP contribution in [0.4, 0.5) is 9.93 Å². The van der Waals surface area contributed by atoms with Crippen LogP contribution in [-0.2, 0) is 33.4 Å². The molecule has 0 radical (unpaired) electrons. The number of fused-ring (bicyclic) bond motifs is 1. The Balaban J connectivity index is 1.74. The lowest BCUT2D eigenvalue weighted by molar-refractivity contribution is -0.168. The molecule has 37 heavy (non-hydrogen) atoms. The molecule has 3 rings (SSSR count). The minimum atomic E-state index is -1.27. The van der Waals surface area contributed by atoms with Crippen LogP contribution in [0.3, 0.4) is 0 Å². The maximum Gasteiger partial charge on any atom is 0.511 e. The van der Waals surface area contributed by atoms with E-state index in [0.29, 0.717) is 17.7 Å². The van der Waals surface area contributed by atoms with Gasteiger partial charge in [0, 0.05) is 18.1 Å². The van der Waals surface area contributed by atoms with Gasteiger partial charge in [0.05, 0.1) is 6.61 Å². The number of amides is 2. The SMILES string of the molecule is C=CC1=C(C(=O)OC(C)OC(=O)OCC)N2C(=O)C(NC(=O)C(=NOCCC)c3csc(N)n3)[C@H]2SC1. The molecule has 3 atom stereocenters. The highest BCUT2D eigenvalue weighted by atomic mass is 32.2. The molecule has 2 aliphatic rings. The molecule has 1 aromatic heterocycles. The first kappa shape index (κ1) is 28.0. The predicted octanol–water partition coefficient (Wildman–Crippen LogP) is 1.76. The van der Waals surface area contributed by atoms with Crippen LogP contribution in [-0.4, -0.2) is 76.2 Å². The summed E-state index contributed by atoms with van der Waals surface area (Å²) in [6.07, 6.45) is -0.147. The van der Waals surface area contributed by atoms with Crippen molar-refractivity contribution in [3.8, 4) is 0 Å². The van der Waals surface area contributed by atoms with Crippen molar-refractivity contribution in [3.05, 3.63) is 35.0 Å². The molecule has 0 aromatic carbocycles. The molecule has 2 unspecified atom stereocenters. The molecule has 2 aliphatic heterocycles. The Morgan fingerprint density at radius 2 is 2.14 bits per heavy atom. The standard InChI is InChI=1S/C22H27N5O8S2/c1-5-8-33-26-14(13-10-37-21(23)24-13)17(28)25-15-18(29)27-16(12(6-2)9-36-19(15)27)20(30)34-11(4)35-22(31)32-7-3/h6,10-11,15,19H,2,5,7-9H2,1,3-4H3,(H2,23,24)(H,25,28)/t11?,15?,19-/m1/s1. The summed E-state index contributed by atoms with van der Waals surface area (Å²) in [5, 5.41) is 7.74. The average molecular weight is 554 g/mol. The molecule has 1 fully saturated rings. The van der Waals surface area contributed by atoms with E-state index in [0.717, 1.165) is 11.3 Å². The van der Waals surface area contributed by atoms with Crippen LogP contribution in [0.2, 0.25) is 0 Å². The Kier molecular flexibility index (Phi) is 9.52. The lowest BCUT2D eigenvalue weighted by atomic mass is 10.0. The monoisotopic (exact) mass is 553 g/mol. The Bertz CT molecular complexity index is 1130. The predicted molar refractivity (Wildman–Crippen MR) is 135 cm³/mol. The fourth-order valence-corrected chi connectivity index (χ4v) is 5.21. The Morgan fingerprint density at radius 1 is 1.38 bits per heavy atom. The zero-order chi connectivity index (χ0) is 27.1. The van der Waals surface area contributed by atoms with Crippen LogP contribution < -0.4 is 11.1 Å². The number of nitrogens with one attached hydrogen (secondary N) is 1. The average Bonchev–Trinajstić information content (AvgIpc) is 3.29. The Labute approximate surface area is 221 Å². The van der Waals surface area contributed by atoms with Gasteiger partial charge in [-0.1, -0.05) is 24.7 Å². The van der Waals surface area contributed by atoms with E-state index in [1.165, 1.54) is 29.7 Å². The third-order valence-corrected chi connectivity index (χ3v) is 6.93. The van der Waals surface area contributed by atoms with Crippen LogP contribution in [0, 0.1) is 0 Å². The highest BCUT2D eigenvalue weighted by Gasteiger charge is 2.54. The topological polar surface area (TPSA) is 172 Å². The summed E-state index contributed by atoms with van der Waals surface area (Å²) < 4.78 is 14.7. The van der Waals surface area contributed by atoms with Crippen molar-refractivity contribution in [2.24, 2.45) is 5.16 Å². The molecule has 1 saturated heterocycles. The summed E-state index contributed by atoms with van der Waals surface area (Å²) >= 11 is 2.46. The number of rotatable bonds is 11. The quantitative estimate of drug-likeness (QED) is 0.102. The smallest absolute Gasteiger partial charge is 0.435 e. The van der Waals surface area contributed by atoms with Gasteiger partial charge in [0.2, 0.25) is 6.29 Å². The number of aromatic nitrogens is 1. The molecule has 2 amide bonds. The van der Waals surface area contributed by atoms with Crippen LogP contribution in [0.1, 0.15) is 32.9 Å².